The molecule has 0 aliphatic heterocycles. The molecule has 5 heteroatoms. The first-order valence-electron chi connectivity index (χ1n) is 6.96. The minimum absolute atomic E-state index is 0.0573. The second kappa shape index (κ2) is 7.75. The van der Waals surface area contributed by atoms with Gasteiger partial charge in [0.15, 0.2) is 0 Å². The monoisotopic (exact) mass is 280 g/mol. The number of anilines is 1. The third kappa shape index (κ3) is 4.42. The van der Waals surface area contributed by atoms with Gasteiger partial charge in [-0.3, -0.25) is 4.79 Å². The van der Waals surface area contributed by atoms with Gasteiger partial charge in [0.05, 0.1) is 30.9 Å². The van der Waals surface area contributed by atoms with Crippen molar-refractivity contribution in [2.45, 2.75) is 38.6 Å². The summed E-state index contributed by atoms with van der Waals surface area (Å²) in [7, 11) is 0. The summed E-state index contributed by atoms with van der Waals surface area (Å²) >= 11 is 0. The van der Waals surface area contributed by atoms with Crippen LogP contribution >= 0.6 is 0 Å². The molecule has 0 bridgehead atoms. The molecule has 0 aliphatic carbocycles. The highest BCUT2D eigenvalue weighted by Crippen LogP contribution is 2.20. The van der Waals surface area contributed by atoms with Crippen molar-refractivity contribution in [2.24, 2.45) is 0 Å². The first kappa shape index (κ1) is 16.3. The van der Waals surface area contributed by atoms with Crippen molar-refractivity contribution in [2.75, 3.05) is 18.9 Å². The second-order valence-corrected chi connectivity index (χ2v) is 4.83. The minimum Gasteiger partial charge on any atom is -0.491 e. The van der Waals surface area contributed by atoms with Crippen LogP contribution in [0.5, 0.6) is 5.75 Å². The van der Waals surface area contributed by atoms with E-state index in [9.17, 15) is 9.90 Å². The topological polar surface area (TPSA) is 84.6 Å². The third-order valence-electron chi connectivity index (χ3n) is 3.57. The Bertz CT molecular complexity index is 423. The van der Waals surface area contributed by atoms with Crippen molar-refractivity contribution in [3.8, 4) is 5.75 Å². The molecule has 0 saturated carbocycles. The number of amides is 1. The highest BCUT2D eigenvalue weighted by atomic mass is 16.5. The van der Waals surface area contributed by atoms with E-state index in [-0.39, 0.29) is 25.5 Å². The number of rotatable bonds is 8. The Morgan fingerprint density at radius 3 is 2.55 bits per heavy atom. The van der Waals surface area contributed by atoms with Gasteiger partial charge in [-0.25, -0.2) is 0 Å². The largest absolute Gasteiger partial charge is 0.491 e. The lowest BCUT2D eigenvalue weighted by Gasteiger charge is -2.30. The molecule has 0 atom stereocenters. The number of nitrogens with two attached hydrogens (primary N) is 1. The van der Waals surface area contributed by atoms with E-state index < -0.39 is 5.54 Å². The molecule has 0 radical (unpaired) electrons. The number of hydrogen-bond acceptors (Lipinski definition) is 4. The summed E-state index contributed by atoms with van der Waals surface area (Å²) in [6, 6.07) is 7.17. The van der Waals surface area contributed by atoms with Gasteiger partial charge in [0.2, 0.25) is 5.91 Å². The number of aliphatic hydroxyl groups is 1. The van der Waals surface area contributed by atoms with E-state index in [0.29, 0.717) is 24.3 Å². The van der Waals surface area contributed by atoms with E-state index in [1.165, 1.54) is 0 Å². The molecule has 0 heterocycles. The SMILES string of the molecule is CCC(CC)(CO)NC(=O)CCOc1ccccc1N. The first-order chi connectivity index (χ1) is 9.56. The Morgan fingerprint density at radius 2 is 2.00 bits per heavy atom. The molecular formula is C15H24N2O3. The molecule has 0 fully saturated rings. The van der Waals surface area contributed by atoms with Crippen LogP contribution in [-0.4, -0.2) is 29.8 Å². The van der Waals surface area contributed by atoms with Gasteiger partial charge >= 0.3 is 0 Å². The molecule has 0 unspecified atom stereocenters. The molecule has 0 spiro atoms. The molecule has 20 heavy (non-hydrogen) atoms. The second-order valence-electron chi connectivity index (χ2n) is 4.83. The van der Waals surface area contributed by atoms with Gasteiger partial charge in [0, 0.05) is 0 Å². The van der Waals surface area contributed by atoms with E-state index in [1.54, 1.807) is 12.1 Å². The average Bonchev–Trinajstić information content (AvgIpc) is 2.47. The maximum Gasteiger partial charge on any atom is 0.223 e. The quantitative estimate of drug-likeness (QED) is 0.633. The van der Waals surface area contributed by atoms with Crippen LogP contribution in [0.4, 0.5) is 5.69 Å². The zero-order valence-corrected chi connectivity index (χ0v) is 12.2. The summed E-state index contributed by atoms with van der Waals surface area (Å²) in [6.07, 6.45) is 1.62. The number of nitrogen functional groups attached to an aromatic ring is 1. The van der Waals surface area contributed by atoms with Crippen molar-refractivity contribution in [3.05, 3.63) is 24.3 Å². The smallest absolute Gasteiger partial charge is 0.223 e. The summed E-state index contributed by atoms with van der Waals surface area (Å²) < 4.78 is 5.47. The molecule has 1 aromatic carbocycles. The molecule has 1 rings (SSSR count). The highest BCUT2D eigenvalue weighted by Gasteiger charge is 2.26. The maximum absolute atomic E-state index is 11.9. The van der Waals surface area contributed by atoms with Crippen LogP contribution in [0, 0.1) is 0 Å². The first-order valence-corrected chi connectivity index (χ1v) is 6.96. The molecule has 1 amide bonds. The zero-order chi connectivity index (χ0) is 15.0. The van der Waals surface area contributed by atoms with Crippen molar-refractivity contribution < 1.29 is 14.6 Å². The number of benzene rings is 1. The summed E-state index contributed by atoms with van der Waals surface area (Å²) in [5.74, 6) is 0.456. The van der Waals surface area contributed by atoms with Gasteiger partial charge in [0.1, 0.15) is 5.75 Å². The highest BCUT2D eigenvalue weighted by molar-refractivity contribution is 5.77. The lowest BCUT2D eigenvalue weighted by atomic mass is 9.94. The van der Waals surface area contributed by atoms with Gasteiger partial charge in [-0.1, -0.05) is 26.0 Å². The Morgan fingerprint density at radius 1 is 1.35 bits per heavy atom. The number of aliphatic hydroxyl groups excluding tert-OH is 1. The molecule has 5 nitrogen and oxygen atoms in total. The lowest BCUT2D eigenvalue weighted by molar-refractivity contribution is -0.124. The minimum atomic E-state index is -0.525. The number of carbonyl (C=O) groups is 1. The number of carbonyl (C=O) groups excluding carboxylic acids is 1. The standard InChI is InChI=1S/C15H24N2O3/c1-3-15(4-2,11-18)17-14(19)9-10-20-13-8-6-5-7-12(13)16/h5-8,18H,3-4,9-11,16H2,1-2H3,(H,17,19). The van der Waals surface area contributed by atoms with E-state index >= 15 is 0 Å². The molecule has 0 aliphatic rings. The lowest BCUT2D eigenvalue weighted by Crippen LogP contribution is -2.50. The van der Waals surface area contributed by atoms with Crippen LogP contribution in [0.2, 0.25) is 0 Å². The van der Waals surface area contributed by atoms with Gasteiger partial charge in [-0.05, 0) is 25.0 Å². The molecule has 1 aromatic rings. The van der Waals surface area contributed by atoms with Gasteiger partial charge in [0.25, 0.3) is 0 Å². The van der Waals surface area contributed by atoms with Gasteiger partial charge < -0.3 is 20.9 Å². The van der Waals surface area contributed by atoms with E-state index in [0.717, 1.165) is 0 Å². The van der Waals surface area contributed by atoms with Crippen LogP contribution < -0.4 is 15.8 Å². The predicted octanol–water partition coefficient (Wildman–Crippen LogP) is 1.70. The Hall–Kier alpha value is -1.75. The zero-order valence-electron chi connectivity index (χ0n) is 12.2. The van der Waals surface area contributed by atoms with Crippen molar-refractivity contribution in [1.29, 1.82) is 0 Å². The fourth-order valence-electron chi connectivity index (χ4n) is 1.91. The van der Waals surface area contributed by atoms with Crippen molar-refractivity contribution >= 4 is 11.6 Å². The van der Waals surface area contributed by atoms with Crippen molar-refractivity contribution in [3.63, 3.8) is 0 Å². The summed E-state index contributed by atoms with van der Waals surface area (Å²) in [6.45, 7) is 4.09. The maximum atomic E-state index is 11.9. The molecule has 0 saturated heterocycles. The average molecular weight is 280 g/mol. The number of ether oxygens (including phenoxy) is 1. The summed E-state index contributed by atoms with van der Waals surface area (Å²) in [5, 5.41) is 12.3. The van der Waals surface area contributed by atoms with Crippen molar-refractivity contribution in [1.82, 2.24) is 5.32 Å². The number of para-hydroxylation sites is 2. The molecule has 112 valence electrons. The van der Waals surface area contributed by atoms with Crippen LogP contribution in [0.3, 0.4) is 0 Å². The van der Waals surface area contributed by atoms with Crippen LogP contribution in [0.25, 0.3) is 0 Å². The van der Waals surface area contributed by atoms with E-state index in [1.807, 2.05) is 26.0 Å². The third-order valence-corrected chi connectivity index (χ3v) is 3.57. The van der Waals surface area contributed by atoms with Crippen LogP contribution in [0.1, 0.15) is 33.1 Å². The number of nitrogens with one attached hydrogen (secondary N) is 1. The molecule has 4 N–H and O–H groups in total. The predicted molar refractivity (Wildman–Crippen MR) is 79.5 cm³/mol. The van der Waals surface area contributed by atoms with Crippen LogP contribution in [0.15, 0.2) is 24.3 Å². The molecule has 0 aromatic heterocycles. The van der Waals surface area contributed by atoms with Gasteiger partial charge in [-0.2, -0.15) is 0 Å². The van der Waals surface area contributed by atoms with Gasteiger partial charge in [-0.15, -0.1) is 0 Å². The Kier molecular flexibility index (Phi) is 6.31. The molecular weight excluding hydrogens is 256 g/mol. The van der Waals surface area contributed by atoms with E-state index in [4.69, 9.17) is 10.5 Å². The van der Waals surface area contributed by atoms with Crippen LogP contribution in [-0.2, 0) is 4.79 Å². The van der Waals surface area contributed by atoms with E-state index in [2.05, 4.69) is 5.32 Å². The Labute approximate surface area is 120 Å². The summed E-state index contributed by atoms with van der Waals surface area (Å²) in [4.78, 5) is 11.9. The normalized spacial score (nSPS) is 11.2. The fourth-order valence-corrected chi connectivity index (χ4v) is 1.91. The summed E-state index contributed by atoms with van der Waals surface area (Å²) in [5.41, 5.74) is 5.78. The number of hydrogen-bond donors (Lipinski definition) is 3. The fraction of sp³-hybridized carbons (Fsp3) is 0.533. The Balaban J connectivity index is 2.42.